The van der Waals surface area contributed by atoms with Crippen molar-refractivity contribution in [2.24, 2.45) is 0 Å². The molecule has 1 aromatic heterocycles. The number of carbonyl (C=O) groups excluding carboxylic acids is 1. The Hall–Kier alpha value is -1.67. The molecular weight excluding hydrogens is 328 g/mol. The van der Waals surface area contributed by atoms with Crippen molar-refractivity contribution in [1.29, 1.82) is 0 Å². The smallest absolute Gasteiger partial charge is 0.315 e. The van der Waals surface area contributed by atoms with Gasteiger partial charge in [0.25, 0.3) is 0 Å². The Balaban J connectivity index is 2.08. The van der Waals surface area contributed by atoms with Crippen molar-refractivity contribution < 1.29 is 13.2 Å². The van der Waals surface area contributed by atoms with Crippen LogP contribution in [-0.4, -0.2) is 48.4 Å². The number of sulfonamides is 1. The van der Waals surface area contributed by atoms with Crippen LogP contribution in [-0.2, 0) is 10.0 Å². The molecule has 2 heterocycles. The molecule has 1 aromatic rings. The van der Waals surface area contributed by atoms with Crippen LogP contribution in [0.3, 0.4) is 0 Å². The number of aromatic nitrogens is 1. The summed E-state index contributed by atoms with van der Waals surface area (Å²) >= 11 is 0. The Morgan fingerprint density at radius 3 is 2.71 bits per heavy atom. The van der Waals surface area contributed by atoms with Crippen LogP contribution in [0.1, 0.15) is 40.0 Å². The van der Waals surface area contributed by atoms with Crippen LogP contribution in [0.4, 0.5) is 4.79 Å². The molecule has 2 N–H and O–H groups in total. The maximum absolute atomic E-state index is 12.8. The van der Waals surface area contributed by atoms with E-state index in [2.05, 4.69) is 15.6 Å². The second kappa shape index (κ2) is 7.48. The maximum atomic E-state index is 12.8. The van der Waals surface area contributed by atoms with Gasteiger partial charge in [-0.2, -0.15) is 4.31 Å². The summed E-state index contributed by atoms with van der Waals surface area (Å²) in [6, 6.07) is 2.67. The van der Waals surface area contributed by atoms with Gasteiger partial charge in [-0.05, 0) is 45.7 Å². The van der Waals surface area contributed by atoms with Gasteiger partial charge in [-0.25, -0.2) is 13.2 Å². The van der Waals surface area contributed by atoms with E-state index in [-0.39, 0.29) is 29.1 Å². The lowest BCUT2D eigenvalue weighted by Gasteiger charge is -2.27. The van der Waals surface area contributed by atoms with Gasteiger partial charge < -0.3 is 10.6 Å². The number of carbonyl (C=O) groups is 1. The van der Waals surface area contributed by atoms with Gasteiger partial charge >= 0.3 is 6.03 Å². The highest BCUT2D eigenvalue weighted by Gasteiger charge is 2.30. The lowest BCUT2D eigenvalue weighted by Crippen LogP contribution is -2.52. The summed E-state index contributed by atoms with van der Waals surface area (Å²) in [5.41, 5.74) is -0.337. The average molecular weight is 354 g/mol. The molecule has 0 aromatic carbocycles. The summed E-state index contributed by atoms with van der Waals surface area (Å²) in [6.07, 6.45) is 5.31. The number of urea groups is 1. The lowest BCUT2D eigenvalue weighted by molar-refractivity contribution is 0.225. The zero-order chi connectivity index (χ0) is 17.8. The van der Waals surface area contributed by atoms with E-state index in [9.17, 15) is 13.2 Å². The Morgan fingerprint density at radius 1 is 1.33 bits per heavy atom. The first-order chi connectivity index (χ1) is 11.2. The molecule has 2 amide bonds. The monoisotopic (exact) mass is 354 g/mol. The third-order valence-electron chi connectivity index (χ3n) is 3.73. The third kappa shape index (κ3) is 5.17. The first-order valence-electron chi connectivity index (χ1n) is 8.17. The fourth-order valence-electron chi connectivity index (χ4n) is 2.65. The Kier molecular flexibility index (Phi) is 5.82. The topological polar surface area (TPSA) is 91.4 Å². The minimum absolute atomic E-state index is 0.185. The van der Waals surface area contributed by atoms with E-state index in [1.54, 1.807) is 18.3 Å². The summed E-state index contributed by atoms with van der Waals surface area (Å²) in [5.74, 6) is 0. The van der Waals surface area contributed by atoms with Gasteiger partial charge in [-0.15, -0.1) is 0 Å². The standard InChI is InChI=1S/C16H26N4O3S/c1-16(2,3)19-15(21)18-13-7-4-5-10-20(12-13)24(22,23)14-8-6-9-17-11-14/h6,8-9,11,13H,4-5,7,10,12H2,1-3H3,(H2,18,19,21). The molecule has 7 nitrogen and oxygen atoms in total. The molecule has 0 spiro atoms. The van der Waals surface area contributed by atoms with Gasteiger partial charge in [-0.3, -0.25) is 4.98 Å². The van der Waals surface area contributed by atoms with Crippen LogP contribution in [0.15, 0.2) is 29.4 Å². The normalized spacial score (nSPS) is 20.2. The molecule has 1 saturated heterocycles. The number of rotatable bonds is 3. The second-order valence-corrected chi connectivity index (χ2v) is 9.03. The van der Waals surface area contributed by atoms with Gasteiger partial charge in [0.1, 0.15) is 4.90 Å². The van der Waals surface area contributed by atoms with Crippen molar-refractivity contribution in [3.05, 3.63) is 24.5 Å². The summed E-state index contributed by atoms with van der Waals surface area (Å²) in [7, 11) is -3.59. The first-order valence-corrected chi connectivity index (χ1v) is 9.61. The highest BCUT2D eigenvalue weighted by Crippen LogP contribution is 2.19. The maximum Gasteiger partial charge on any atom is 0.315 e. The first kappa shape index (κ1) is 18.7. The number of hydrogen-bond acceptors (Lipinski definition) is 4. The van der Waals surface area contributed by atoms with Crippen LogP contribution in [0.25, 0.3) is 0 Å². The number of nitrogens with one attached hydrogen (secondary N) is 2. The zero-order valence-corrected chi connectivity index (χ0v) is 15.3. The van der Waals surface area contributed by atoms with E-state index in [1.165, 1.54) is 10.5 Å². The minimum Gasteiger partial charge on any atom is -0.334 e. The van der Waals surface area contributed by atoms with Gasteiger partial charge in [0, 0.05) is 37.1 Å². The van der Waals surface area contributed by atoms with Crippen LogP contribution in [0.2, 0.25) is 0 Å². The highest BCUT2D eigenvalue weighted by atomic mass is 32.2. The van der Waals surface area contributed by atoms with Crippen LogP contribution < -0.4 is 10.6 Å². The van der Waals surface area contributed by atoms with Crippen molar-refractivity contribution in [3.8, 4) is 0 Å². The fourth-order valence-corrected chi connectivity index (χ4v) is 4.14. The summed E-state index contributed by atoms with van der Waals surface area (Å²) in [5, 5.41) is 5.74. The van der Waals surface area contributed by atoms with E-state index in [1.807, 2.05) is 20.8 Å². The Morgan fingerprint density at radius 2 is 2.08 bits per heavy atom. The molecule has 1 fully saturated rings. The zero-order valence-electron chi connectivity index (χ0n) is 14.4. The molecule has 0 bridgehead atoms. The molecule has 8 heteroatoms. The predicted molar refractivity (Wildman–Crippen MR) is 92.1 cm³/mol. The fraction of sp³-hybridized carbons (Fsp3) is 0.625. The van der Waals surface area contributed by atoms with Crippen molar-refractivity contribution in [2.75, 3.05) is 13.1 Å². The molecule has 2 rings (SSSR count). The summed E-state index contributed by atoms with van der Waals surface area (Å²) in [4.78, 5) is 16.1. The van der Waals surface area contributed by atoms with E-state index in [0.717, 1.165) is 19.3 Å². The van der Waals surface area contributed by atoms with Crippen LogP contribution in [0.5, 0.6) is 0 Å². The highest BCUT2D eigenvalue weighted by molar-refractivity contribution is 7.89. The number of amides is 2. The molecular formula is C16H26N4O3S. The minimum atomic E-state index is -3.59. The van der Waals surface area contributed by atoms with E-state index in [4.69, 9.17) is 0 Å². The molecule has 0 aliphatic carbocycles. The van der Waals surface area contributed by atoms with E-state index in [0.29, 0.717) is 6.54 Å². The largest absolute Gasteiger partial charge is 0.334 e. The van der Waals surface area contributed by atoms with E-state index >= 15 is 0 Å². The summed E-state index contributed by atoms with van der Waals surface area (Å²) < 4.78 is 27.0. The molecule has 0 saturated carbocycles. The van der Waals surface area contributed by atoms with Gasteiger partial charge in [-0.1, -0.05) is 6.42 Å². The van der Waals surface area contributed by atoms with E-state index < -0.39 is 10.0 Å². The number of nitrogens with zero attached hydrogens (tertiary/aromatic N) is 2. The average Bonchev–Trinajstić information content (AvgIpc) is 2.72. The van der Waals surface area contributed by atoms with Crippen LogP contribution >= 0.6 is 0 Å². The van der Waals surface area contributed by atoms with Gasteiger partial charge in [0.15, 0.2) is 0 Å². The number of pyridine rings is 1. The number of hydrogen-bond donors (Lipinski definition) is 2. The van der Waals surface area contributed by atoms with Crippen molar-refractivity contribution in [1.82, 2.24) is 19.9 Å². The summed E-state index contributed by atoms with van der Waals surface area (Å²) in [6.45, 7) is 6.43. The molecule has 134 valence electrons. The predicted octanol–water partition coefficient (Wildman–Crippen LogP) is 1.72. The van der Waals surface area contributed by atoms with Crippen LogP contribution in [0, 0.1) is 0 Å². The van der Waals surface area contributed by atoms with Crippen molar-refractivity contribution in [2.45, 2.75) is 56.5 Å². The molecule has 0 radical (unpaired) electrons. The lowest BCUT2D eigenvalue weighted by atomic mass is 10.1. The quantitative estimate of drug-likeness (QED) is 0.865. The van der Waals surface area contributed by atoms with Gasteiger partial charge in [0.05, 0.1) is 0 Å². The molecule has 1 atom stereocenters. The Bertz CT molecular complexity index is 656. The van der Waals surface area contributed by atoms with Gasteiger partial charge in [0.2, 0.25) is 10.0 Å². The molecule has 1 unspecified atom stereocenters. The second-order valence-electron chi connectivity index (χ2n) is 7.09. The Labute approximate surface area is 143 Å². The third-order valence-corrected chi connectivity index (χ3v) is 5.58. The molecule has 1 aliphatic heterocycles. The van der Waals surface area contributed by atoms with Crippen molar-refractivity contribution >= 4 is 16.1 Å². The SMILES string of the molecule is CC(C)(C)NC(=O)NC1CCCCN(S(=O)(=O)c2cccnc2)C1. The molecule has 24 heavy (non-hydrogen) atoms. The van der Waals surface area contributed by atoms with Crippen molar-refractivity contribution in [3.63, 3.8) is 0 Å². The molecule has 1 aliphatic rings.